The third-order valence-electron chi connectivity index (χ3n) is 3.26. The number of nitrogens with zero attached hydrogens (tertiary/aromatic N) is 1. The van der Waals surface area contributed by atoms with Gasteiger partial charge in [0.15, 0.2) is 0 Å². The molecule has 1 heterocycles. The molecule has 20 heavy (non-hydrogen) atoms. The van der Waals surface area contributed by atoms with Crippen LogP contribution in [-0.2, 0) is 6.54 Å². The summed E-state index contributed by atoms with van der Waals surface area (Å²) in [6, 6.07) is 12.3. The maximum atomic E-state index is 12.0. The molecule has 1 aromatic heterocycles. The van der Waals surface area contributed by atoms with E-state index in [1.54, 1.807) is 29.9 Å². The van der Waals surface area contributed by atoms with Crippen LogP contribution in [0.5, 0.6) is 11.5 Å². The highest BCUT2D eigenvalue weighted by atomic mass is 16.5. The number of phenols is 1. The molecule has 3 aromatic rings. The van der Waals surface area contributed by atoms with Gasteiger partial charge in [-0.15, -0.1) is 0 Å². The minimum absolute atomic E-state index is 0.139. The molecule has 0 aliphatic carbocycles. The normalized spacial score (nSPS) is 10.8. The van der Waals surface area contributed by atoms with Gasteiger partial charge in [0.25, 0.3) is 0 Å². The first-order valence-corrected chi connectivity index (χ1v) is 6.22. The van der Waals surface area contributed by atoms with Crippen molar-refractivity contribution in [2.75, 3.05) is 7.11 Å². The number of rotatable bonds is 3. The summed E-state index contributed by atoms with van der Waals surface area (Å²) in [6.45, 7) is 0.437. The number of ether oxygens (including phenoxy) is 1. The minimum Gasteiger partial charge on any atom is -0.508 e. The number of imidazole rings is 1. The lowest BCUT2D eigenvalue weighted by atomic mass is 10.2. The predicted octanol–water partition coefficient (Wildman–Crippen LogP) is 2.09. The molecule has 0 aliphatic rings. The third kappa shape index (κ3) is 2.14. The van der Waals surface area contributed by atoms with Gasteiger partial charge in [0.2, 0.25) is 0 Å². The van der Waals surface area contributed by atoms with E-state index in [-0.39, 0.29) is 11.4 Å². The molecule has 0 aliphatic heterocycles. The average Bonchev–Trinajstić information content (AvgIpc) is 2.76. The van der Waals surface area contributed by atoms with Gasteiger partial charge in [0, 0.05) is 6.07 Å². The summed E-state index contributed by atoms with van der Waals surface area (Å²) in [6.07, 6.45) is 0. The van der Waals surface area contributed by atoms with Crippen molar-refractivity contribution >= 4 is 11.0 Å². The van der Waals surface area contributed by atoms with E-state index in [1.807, 2.05) is 24.3 Å². The Morgan fingerprint density at radius 2 is 1.95 bits per heavy atom. The zero-order valence-corrected chi connectivity index (χ0v) is 11.0. The van der Waals surface area contributed by atoms with Crippen molar-refractivity contribution in [3.05, 3.63) is 58.5 Å². The number of hydrogen-bond donors (Lipinski definition) is 2. The second kappa shape index (κ2) is 4.77. The summed E-state index contributed by atoms with van der Waals surface area (Å²) < 4.78 is 6.70. The Balaban J connectivity index is 2.03. The van der Waals surface area contributed by atoms with Gasteiger partial charge in [-0.2, -0.15) is 0 Å². The van der Waals surface area contributed by atoms with Crippen LogP contribution in [0.3, 0.4) is 0 Å². The average molecular weight is 270 g/mol. The monoisotopic (exact) mass is 270 g/mol. The van der Waals surface area contributed by atoms with Crippen molar-refractivity contribution in [3.8, 4) is 11.5 Å². The first kappa shape index (κ1) is 12.3. The minimum atomic E-state index is -0.193. The van der Waals surface area contributed by atoms with E-state index in [9.17, 15) is 9.90 Å². The lowest BCUT2D eigenvalue weighted by Gasteiger charge is -2.05. The van der Waals surface area contributed by atoms with Gasteiger partial charge in [-0.1, -0.05) is 12.1 Å². The molecule has 0 saturated carbocycles. The quantitative estimate of drug-likeness (QED) is 0.765. The van der Waals surface area contributed by atoms with E-state index in [0.29, 0.717) is 17.6 Å². The molecular formula is C15H14N2O3. The zero-order chi connectivity index (χ0) is 14.1. The fourth-order valence-electron chi connectivity index (χ4n) is 2.21. The molecule has 102 valence electrons. The molecule has 0 bridgehead atoms. The molecule has 0 atom stereocenters. The largest absolute Gasteiger partial charge is 0.508 e. The summed E-state index contributed by atoms with van der Waals surface area (Å²) in [5, 5.41) is 9.55. The van der Waals surface area contributed by atoms with E-state index in [2.05, 4.69) is 4.98 Å². The van der Waals surface area contributed by atoms with Crippen molar-refractivity contribution in [2.24, 2.45) is 0 Å². The SMILES string of the molecule is COc1ccc(Cn2c(=O)[nH]c3ccc(O)cc32)cc1. The maximum Gasteiger partial charge on any atom is 0.326 e. The lowest BCUT2D eigenvalue weighted by molar-refractivity contribution is 0.414. The summed E-state index contributed by atoms with van der Waals surface area (Å²) in [5.74, 6) is 0.914. The van der Waals surface area contributed by atoms with Crippen LogP contribution < -0.4 is 10.4 Å². The number of benzene rings is 2. The van der Waals surface area contributed by atoms with Crippen molar-refractivity contribution in [1.82, 2.24) is 9.55 Å². The van der Waals surface area contributed by atoms with Crippen LogP contribution in [0.15, 0.2) is 47.3 Å². The van der Waals surface area contributed by atoms with Crippen LogP contribution in [0.2, 0.25) is 0 Å². The Hall–Kier alpha value is -2.69. The van der Waals surface area contributed by atoms with E-state index in [4.69, 9.17) is 4.74 Å². The fourth-order valence-corrected chi connectivity index (χ4v) is 2.21. The van der Waals surface area contributed by atoms with E-state index in [1.165, 1.54) is 0 Å². The number of aromatic nitrogens is 2. The number of fused-ring (bicyclic) bond motifs is 1. The number of aromatic hydroxyl groups is 1. The van der Waals surface area contributed by atoms with E-state index < -0.39 is 0 Å². The Bertz CT molecular complexity index is 800. The molecule has 2 N–H and O–H groups in total. The van der Waals surface area contributed by atoms with Crippen LogP contribution in [0.25, 0.3) is 11.0 Å². The number of nitrogens with one attached hydrogen (secondary N) is 1. The maximum absolute atomic E-state index is 12.0. The second-order valence-corrected chi connectivity index (χ2v) is 4.57. The summed E-state index contributed by atoms with van der Waals surface area (Å²) in [7, 11) is 1.61. The molecule has 0 saturated heterocycles. The van der Waals surface area contributed by atoms with Gasteiger partial charge in [0.05, 0.1) is 24.7 Å². The number of phenolic OH excluding ortho intramolecular Hbond substituents is 1. The zero-order valence-electron chi connectivity index (χ0n) is 11.0. The molecular weight excluding hydrogens is 256 g/mol. The Morgan fingerprint density at radius 3 is 2.65 bits per heavy atom. The predicted molar refractivity (Wildman–Crippen MR) is 76.3 cm³/mol. The lowest BCUT2D eigenvalue weighted by Crippen LogP contribution is -2.17. The summed E-state index contributed by atoms with van der Waals surface area (Å²) >= 11 is 0. The topological polar surface area (TPSA) is 67.2 Å². The molecule has 3 rings (SSSR count). The number of aromatic amines is 1. The molecule has 0 fully saturated rings. The molecule has 0 spiro atoms. The van der Waals surface area contributed by atoms with Gasteiger partial charge in [-0.25, -0.2) is 4.79 Å². The van der Waals surface area contributed by atoms with Crippen LogP contribution in [0.4, 0.5) is 0 Å². The second-order valence-electron chi connectivity index (χ2n) is 4.57. The fraction of sp³-hybridized carbons (Fsp3) is 0.133. The number of H-pyrrole nitrogens is 1. The van der Waals surface area contributed by atoms with Gasteiger partial charge in [-0.3, -0.25) is 4.57 Å². The third-order valence-corrected chi connectivity index (χ3v) is 3.26. The standard InChI is InChI=1S/C15H14N2O3/c1-20-12-5-2-10(3-6-12)9-17-14-8-11(18)4-7-13(14)16-15(17)19/h2-8,18H,9H2,1H3,(H,16,19). The highest BCUT2D eigenvalue weighted by Gasteiger charge is 2.08. The van der Waals surface area contributed by atoms with Crippen molar-refractivity contribution < 1.29 is 9.84 Å². The van der Waals surface area contributed by atoms with Gasteiger partial charge in [0.1, 0.15) is 11.5 Å². The Morgan fingerprint density at radius 1 is 1.20 bits per heavy atom. The smallest absolute Gasteiger partial charge is 0.326 e. The van der Waals surface area contributed by atoms with Gasteiger partial charge in [-0.05, 0) is 29.8 Å². The van der Waals surface area contributed by atoms with Crippen LogP contribution >= 0.6 is 0 Å². The van der Waals surface area contributed by atoms with Gasteiger partial charge >= 0.3 is 5.69 Å². The van der Waals surface area contributed by atoms with Crippen molar-refractivity contribution in [2.45, 2.75) is 6.54 Å². The Kier molecular flexibility index (Phi) is 2.95. The Labute approximate surface area is 115 Å². The van der Waals surface area contributed by atoms with Crippen LogP contribution in [0, 0.1) is 0 Å². The van der Waals surface area contributed by atoms with Crippen LogP contribution in [0.1, 0.15) is 5.56 Å². The molecule has 5 nitrogen and oxygen atoms in total. The van der Waals surface area contributed by atoms with Crippen molar-refractivity contribution in [1.29, 1.82) is 0 Å². The summed E-state index contributed by atoms with van der Waals surface area (Å²) in [5.41, 5.74) is 2.19. The van der Waals surface area contributed by atoms with Crippen molar-refractivity contribution in [3.63, 3.8) is 0 Å². The number of hydrogen-bond acceptors (Lipinski definition) is 3. The first-order chi connectivity index (χ1) is 9.67. The first-order valence-electron chi connectivity index (χ1n) is 6.22. The van der Waals surface area contributed by atoms with E-state index >= 15 is 0 Å². The molecule has 0 radical (unpaired) electrons. The highest BCUT2D eigenvalue weighted by Crippen LogP contribution is 2.19. The van der Waals surface area contributed by atoms with E-state index in [0.717, 1.165) is 11.3 Å². The molecule has 0 unspecified atom stereocenters. The van der Waals surface area contributed by atoms with Crippen LogP contribution in [-0.4, -0.2) is 21.8 Å². The number of methoxy groups -OCH3 is 1. The highest BCUT2D eigenvalue weighted by molar-refractivity contribution is 5.76. The molecule has 2 aromatic carbocycles. The van der Waals surface area contributed by atoms with Gasteiger partial charge < -0.3 is 14.8 Å². The molecule has 5 heteroatoms. The molecule has 0 amide bonds. The summed E-state index contributed by atoms with van der Waals surface area (Å²) in [4.78, 5) is 14.7.